The highest BCUT2D eigenvalue weighted by Gasteiger charge is 2.36. The molecule has 2 unspecified atom stereocenters. The van der Waals surface area contributed by atoms with Crippen molar-refractivity contribution in [2.45, 2.75) is 50.7 Å². The van der Waals surface area contributed by atoms with Gasteiger partial charge in [-0.05, 0) is 37.8 Å². The molecular formula is C22H34Cl2N4O2. The fourth-order valence-electron chi connectivity index (χ4n) is 4.91. The van der Waals surface area contributed by atoms with Crippen molar-refractivity contribution in [2.24, 2.45) is 0 Å². The van der Waals surface area contributed by atoms with E-state index in [0.29, 0.717) is 13.1 Å². The van der Waals surface area contributed by atoms with E-state index in [-0.39, 0.29) is 48.7 Å². The predicted molar refractivity (Wildman–Crippen MR) is 123 cm³/mol. The molecule has 3 aliphatic heterocycles. The van der Waals surface area contributed by atoms with Crippen LogP contribution in [0.3, 0.4) is 0 Å². The maximum absolute atomic E-state index is 13.4. The minimum absolute atomic E-state index is 0. The molecule has 0 radical (unpaired) electrons. The number of amides is 2. The van der Waals surface area contributed by atoms with Gasteiger partial charge in [-0.3, -0.25) is 14.5 Å². The molecular weight excluding hydrogens is 423 g/mol. The molecule has 1 N–H and O–H groups in total. The van der Waals surface area contributed by atoms with Crippen LogP contribution in [-0.4, -0.2) is 77.9 Å². The lowest BCUT2D eigenvalue weighted by Crippen LogP contribution is -2.59. The Kier molecular flexibility index (Phi) is 9.88. The van der Waals surface area contributed by atoms with Gasteiger partial charge in [0, 0.05) is 38.8 Å². The van der Waals surface area contributed by atoms with Crippen molar-refractivity contribution in [3.63, 3.8) is 0 Å². The van der Waals surface area contributed by atoms with Gasteiger partial charge in [0.15, 0.2) is 0 Å². The second-order valence-corrected chi connectivity index (χ2v) is 8.31. The van der Waals surface area contributed by atoms with E-state index in [1.807, 2.05) is 15.9 Å². The number of nitrogens with zero attached hydrogens (tertiary/aromatic N) is 3. The Hall–Kier alpha value is -1.34. The van der Waals surface area contributed by atoms with Crippen molar-refractivity contribution < 1.29 is 9.59 Å². The Morgan fingerprint density at radius 2 is 1.80 bits per heavy atom. The summed E-state index contributed by atoms with van der Waals surface area (Å²) in [6.45, 7) is 5.38. The summed E-state index contributed by atoms with van der Waals surface area (Å²) in [6, 6.07) is 10.6. The van der Waals surface area contributed by atoms with Crippen molar-refractivity contribution in [3.05, 3.63) is 35.9 Å². The number of nitrogens with one attached hydrogen (secondary N) is 1. The Bertz CT molecular complexity index is 691. The zero-order chi connectivity index (χ0) is 19.3. The number of carbonyl (C=O) groups excluding carboxylic acids is 2. The number of likely N-dealkylation sites (tertiary alicyclic amines) is 2. The van der Waals surface area contributed by atoms with Crippen LogP contribution in [0.5, 0.6) is 0 Å². The third kappa shape index (κ3) is 5.88. The first kappa shape index (κ1) is 24.9. The molecule has 30 heavy (non-hydrogen) atoms. The maximum atomic E-state index is 13.4. The number of piperidine rings is 2. The van der Waals surface area contributed by atoms with Crippen LogP contribution in [0.4, 0.5) is 0 Å². The molecule has 1 aromatic rings. The number of piperazine rings is 1. The smallest absolute Gasteiger partial charge is 0.240 e. The second-order valence-electron chi connectivity index (χ2n) is 8.31. The normalized spacial score (nSPS) is 25.3. The lowest BCUT2D eigenvalue weighted by Gasteiger charge is -2.43. The predicted octanol–water partition coefficient (Wildman–Crippen LogP) is 2.31. The first-order chi connectivity index (χ1) is 13.7. The van der Waals surface area contributed by atoms with E-state index in [1.165, 1.54) is 5.56 Å². The summed E-state index contributed by atoms with van der Waals surface area (Å²) >= 11 is 0. The molecule has 0 saturated carbocycles. The van der Waals surface area contributed by atoms with E-state index >= 15 is 0 Å². The second kappa shape index (κ2) is 11.9. The lowest BCUT2D eigenvalue weighted by molar-refractivity contribution is -0.144. The van der Waals surface area contributed by atoms with Gasteiger partial charge in [0.1, 0.15) is 0 Å². The molecule has 0 aromatic heterocycles. The molecule has 3 fully saturated rings. The largest absolute Gasteiger partial charge is 0.339 e. The number of hydrogen-bond acceptors (Lipinski definition) is 4. The summed E-state index contributed by atoms with van der Waals surface area (Å²) in [4.78, 5) is 32.1. The summed E-state index contributed by atoms with van der Waals surface area (Å²) in [5, 5.41) is 3.14. The van der Waals surface area contributed by atoms with Gasteiger partial charge in [-0.25, -0.2) is 0 Å². The van der Waals surface area contributed by atoms with Crippen molar-refractivity contribution in [3.8, 4) is 0 Å². The molecule has 168 valence electrons. The Labute approximate surface area is 192 Å². The van der Waals surface area contributed by atoms with E-state index in [2.05, 4.69) is 34.5 Å². The molecule has 0 aliphatic carbocycles. The topological polar surface area (TPSA) is 55.9 Å². The van der Waals surface area contributed by atoms with Crippen LogP contribution in [0.25, 0.3) is 0 Å². The Balaban J connectivity index is 0.00000160. The van der Waals surface area contributed by atoms with Crippen LogP contribution in [0.15, 0.2) is 30.3 Å². The molecule has 4 rings (SSSR count). The van der Waals surface area contributed by atoms with Crippen LogP contribution in [0.1, 0.15) is 37.7 Å². The van der Waals surface area contributed by atoms with Crippen LogP contribution in [-0.2, 0) is 16.1 Å². The number of carbonyl (C=O) groups is 2. The molecule has 1 aromatic carbocycles. The van der Waals surface area contributed by atoms with E-state index in [9.17, 15) is 9.59 Å². The number of halogens is 2. The van der Waals surface area contributed by atoms with Gasteiger partial charge in [-0.1, -0.05) is 36.8 Å². The quantitative estimate of drug-likeness (QED) is 0.754. The van der Waals surface area contributed by atoms with E-state index in [4.69, 9.17) is 0 Å². The van der Waals surface area contributed by atoms with Crippen molar-refractivity contribution in [2.75, 3.05) is 39.3 Å². The third-order valence-electron chi connectivity index (χ3n) is 6.40. The first-order valence-electron chi connectivity index (χ1n) is 10.8. The number of hydrogen-bond donors (Lipinski definition) is 1. The van der Waals surface area contributed by atoms with Gasteiger partial charge in [0.2, 0.25) is 11.8 Å². The molecule has 2 atom stereocenters. The lowest BCUT2D eigenvalue weighted by atomic mass is 9.97. The molecule has 0 spiro atoms. The van der Waals surface area contributed by atoms with Crippen LogP contribution in [0, 0.1) is 0 Å². The fraction of sp³-hybridized carbons (Fsp3) is 0.636. The van der Waals surface area contributed by atoms with Crippen molar-refractivity contribution in [1.82, 2.24) is 20.0 Å². The highest BCUT2D eigenvalue weighted by atomic mass is 35.5. The van der Waals surface area contributed by atoms with Gasteiger partial charge in [0.05, 0.1) is 12.6 Å². The monoisotopic (exact) mass is 456 g/mol. The zero-order valence-corrected chi connectivity index (χ0v) is 19.1. The third-order valence-corrected chi connectivity index (χ3v) is 6.40. The van der Waals surface area contributed by atoms with Gasteiger partial charge in [0.25, 0.3) is 0 Å². The van der Waals surface area contributed by atoms with Gasteiger partial charge >= 0.3 is 0 Å². The van der Waals surface area contributed by atoms with Crippen LogP contribution < -0.4 is 5.32 Å². The summed E-state index contributed by atoms with van der Waals surface area (Å²) in [7, 11) is 0. The van der Waals surface area contributed by atoms with Crippen LogP contribution >= 0.6 is 24.8 Å². The Morgan fingerprint density at radius 3 is 2.57 bits per heavy atom. The van der Waals surface area contributed by atoms with Gasteiger partial charge in [-0.15, -0.1) is 24.8 Å². The maximum Gasteiger partial charge on any atom is 0.240 e. The van der Waals surface area contributed by atoms with E-state index < -0.39 is 0 Å². The molecule has 3 saturated heterocycles. The average molecular weight is 457 g/mol. The summed E-state index contributed by atoms with van der Waals surface area (Å²) in [5.74, 6) is 0.442. The Morgan fingerprint density at radius 1 is 1.00 bits per heavy atom. The average Bonchev–Trinajstić information content (AvgIpc) is 2.75. The summed E-state index contributed by atoms with van der Waals surface area (Å²) in [6.07, 6.45) is 5.22. The number of benzene rings is 1. The molecule has 6 nitrogen and oxygen atoms in total. The molecule has 8 heteroatoms. The van der Waals surface area contributed by atoms with Gasteiger partial charge in [-0.2, -0.15) is 0 Å². The number of rotatable bonds is 4. The van der Waals surface area contributed by atoms with Crippen molar-refractivity contribution in [1.29, 1.82) is 0 Å². The zero-order valence-electron chi connectivity index (χ0n) is 17.5. The molecule has 3 aliphatic rings. The SMILES string of the molecule is Cl.Cl.O=C(C1CCCCN1Cc1ccccc1)N1CCCC(N2CCNCC2=O)C1. The summed E-state index contributed by atoms with van der Waals surface area (Å²) in [5.41, 5.74) is 1.27. The standard InChI is InChI=1S/C22H32N4O2.2ClH/c27-21-15-23-11-14-26(21)19-9-6-13-25(17-19)22(28)20-10-4-5-12-24(20)16-18-7-2-1-3-8-18;;/h1-3,7-8,19-20,23H,4-6,9-17H2;2*1H. The minimum atomic E-state index is -0.0218. The van der Waals surface area contributed by atoms with E-state index in [1.54, 1.807) is 0 Å². The first-order valence-corrected chi connectivity index (χ1v) is 10.8. The van der Waals surface area contributed by atoms with Crippen molar-refractivity contribution >= 4 is 36.6 Å². The summed E-state index contributed by atoms with van der Waals surface area (Å²) < 4.78 is 0. The van der Waals surface area contributed by atoms with Crippen LogP contribution in [0.2, 0.25) is 0 Å². The highest BCUT2D eigenvalue weighted by Crippen LogP contribution is 2.24. The van der Waals surface area contributed by atoms with Gasteiger partial charge < -0.3 is 15.1 Å². The highest BCUT2D eigenvalue weighted by molar-refractivity contribution is 5.85. The molecule has 0 bridgehead atoms. The van der Waals surface area contributed by atoms with E-state index in [0.717, 1.165) is 64.8 Å². The fourth-order valence-corrected chi connectivity index (χ4v) is 4.91. The molecule has 3 heterocycles. The minimum Gasteiger partial charge on any atom is -0.339 e. The molecule has 2 amide bonds.